The monoisotopic (exact) mass is 339 g/mol. The molecule has 0 saturated heterocycles. The standard InChI is InChI=1S/C15H17NO4S2/c1-19-14-4-2-3-5-15(14)21-11-10-20-12-6-8-13(9-7-12)22(16,17)18/h2-9H,10-11H2,1H3,(H2,16,17,18). The van der Waals surface area contributed by atoms with Gasteiger partial charge in [-0.05, 0) is 36.4 Å². The lowest BCUT2D eigenvalue weighted by Gasteiger charge is -2.09. The Hall–Kier alpha value is -1.70. The van der Waals surface area contributed by atoms with Crippen LogP contribution < -0.4 is 14.6 Å². The average molecular weight is 339 g/mol. The summed E-state index contributed by atoms with van der Waals surface area (Å²) in [5.41, 5.74) is 0. The average Bonchev–Trinajstić information content (AvgIpc) is 2.51. The van der Waals surface area contributed by atoms with Crippen LogP contribution in [0, 0.1) is 0 Å². The zero-order chi connectivity index (χ0) is 16.0. The summed E-state index contributed by atoms with van der Waals surface area (Å²) in [6.07, 6.45) is 0. The van der Waals surface area contributed by atoms with Gasteiger partial charge in [-0.25, -0.2) is 13.6 Å². The molecule has 2 aromatic carbocycles. The number of thioether (sulfide) groups is 1. The summed E-state index contributed by atoms with van der Waals surface area (Å²) in [5.74, 6) is 2.19. The number of methoxy groups -OCH3 is 1. The SMILES string of the molecule is COc1ccccc1SCCOc1ccc(S(N)(=O)=O)cc1. The van der Waals surface area contributed by atoms with Crippen LogP contribution in [0.4, 0.5) is 0 Å². The molecule has 0 aromatic heterocycles. The number of para-hydroxylation sites is 1. The molecule has 0 bridgehead atoms. The van der Waals surface area contributed by atoms with E-state index in [-0.39, 0.29) is 4.90 Å². The molecule has 118 valence electrons. The molecule has 5 nitrogen and oxygen atoms in total. The first-order chi connectivity index (χ1) is 10.5. The second kappa shape index (κ2) is 7.53. The van der Waals surface area contributed by atoms with Crippen molar-refractivity contribution in [1.29, 1.82) is 0 Å². The molecule has 0 unspecified atom stereocenters. The zero-order valence-corrected chi connectivity index (χ0v) is 13.7. The Kier molecular flexibility index (Phi) is 5.70. The van der Waals surface area contributed by atoms with Gasteiger partial charge in [0.1, 0.15) is 11.5 Å². The van der Waals surface area contributed by atoms with E-state index < -0.39 is 10.0 Å². The number of hydrogen-bond donors (Lipinski definition) is 1. The summed E-state index contributed by atoms with van der Waals surface area (Å²) >= 11 is 1.63. The molecule has 0 spiro atoms. The molecule has 0 aliphatic heterocycles. The van der Waals surface area contributed by atoms with Crippen LogP contribution in [-0.2, 0) is 10.0 Å². The largest absolute Gasteiger partial charge is 0.496 e. The Morgan fingerprint density at radius 3 is 2.41 bits per heavy atom. The van der Waals surface area contributed by atoms with Crippen LogP contribution in [0.2, 0.25) is 0 Å². The number of rotatable bonds is 7. The summed E-state index contributed by atoms with van der Waals surface area (Å²) in [7, 11) is -2.02. The lowest BCUT2D eigenvalue weighted by Crippen LogP contribution is -2.11. The van der Waals surface area contributed by atoms with E-state index in [9.17, 15) is 8.42 Å². The van der Waals surface area contributed by atoms with Crippen molar-refractivity contribution >= 4 is 21.8 Å². The molecule has 2 N–H and O–H groups in total. The molecule has 7 heteroatoms. The first kappa shape index (κ1) is 16.7. The van der Waals surface area contributed by atoms with Crippen molar-refractivity contribution in [2.45, 2.75) is 9.79 Å². The summed E-state index contributed by atoms with van der Waals surface area (Å²) in [6, 6.07) is 13.8. The predicted molar refractivity (Wildman–Crippen MR) is 87.0 cm³/mol. The zero-order valence-electron chi connectivity index (χ0n) is 12.1. The van der Waals surface area contributed by atoms with Crippen molar-refractivity contribution in [3.63, 3.8) is 0 Å². The Morgan fingerprint density at radius 1 is 1.09 bits per heavy atom. The summed E-state index contributed by atoms with van der Waals surface area (Å²) < 4.78 is 33.1. The van der Waals surface area contributed by atoms with Gasteiger partial charge in [-0.15, -0.1) is 11.8 Å². The van der Waals surface area contributed by atoms with E-state index in [2.05, 4.69) is 0 Å². The van der Waals surface area contributed by atoms with Gasteiger partial charge in [-0.3, -0.25) is 0 Å². The fourth-order valence-corrected chi connectivity index (χ4v) is 3.15. The highest BCUT2D eigenvalue weighted by Crippen LogP contribution is 2.28. The minimum Gasteiger partial charge on any atom is -0.496 e. The normalized spacial score (nSPS) is 11.2. The van der Waals surface area contributed by atoms with Crippen LogP contribution in [-0.4, -0.2) is 27.9 Å². The van der Waals surface area contributed by atoms with Gasteiger partial charge in [0.05, 0.1) is 18.6 Å². The minimum absolute atomic E-state index is 0.0725. The summed E-state index contributed by atoms with van der Waals surface area (Å²) in [5, 5.41) is 5.04. The van der Waals surface area contributed by atoms with Crippen LogP contribution in [0.3, 0.4) is 0 Å². The molecular formula is C15H17NO4S2. The predicted octanol–water partition coefficient (Wildman–Crippen LogP) is 2.51. The minimum atomic E-state index is -3.66. The van der Waals surface area contributed by atoms with E-state index in [1.165, 1.54) is 12.1 Å². The van der Waals surface area contributed by atoms with E-state index in [4.69, 9.17) is 14.6 Å². The summed E-state index contributed by atoms with van der Waals surface area (Å²) in [6.45, 7) is 0.497. The molecule has 0 radical (unpaired) electrons. The highest BCUT2D eigenvalue weighted by atomic mass is 32.2. The molecule has 2 aromatic rings. The lowest BCUT2D eigenvalue weighted by molar-refractivity contribution is 0.343. The highest BCUT2D eigenvalue weighted by molar-refractivity contribution is 7.99. The number of primary sulfonamides is 1. The van der Waals surface area contributed by atoms with Gasteiger partial charge in [-0.1, -0.05) is 12.1 Å². The van der Waals surface area contributed by atoms with Crippen molar-refractivity contribution in [3.8, 4) is 11.5 Å². The second-order valence-corrected chi connectivity index (χ2v) is 7.06. The van der Waals surface area contributed by atoms with Gasteiger partial charge in [0, 0.05) is 10.6 Å². The van der Waals surface area contributed by atoms with Crippen LogP contribution >= 0.6 is 11.8 Å². The maximum Gasteiger partial charge on any atom is 0.238 e. The molecule has 0 fully saturated rings. The van der Waals surface area contributed by atoms with Crippen molar-refractivity contribution in [2.75, 3.05) is 19.5 Å². The van der Waals surface area contributed by atoms with Gasteiger partial charge < -0.3 is 9.47 Å². The van der Waals surface area contributed by atoms with E-state index in [0.29, 0.717) is 12.4 Å². The topological polar surface area (TPSA) is 78.6 Å². The van der Waals surface area contributed by atoms with Crippen LogP contribution in [0.5, 0.6) is 11.5 Å². The molecule has 0 amide bonds. The third-order valence-corrected chi connectivity index (χ3v) is 4.78. The first-order valence-electron chi connectivity index (χ1n) is 6.52. The summed E-state index contributed by atoms with van der Waals surface area (Å²) in [4.78, 5) is 1.13. The quantitative estimate of drug-likeness (QED) is 0.619. The van der Waals surface area contributed by atoms with E-state index >= 15 is 0 Å². The van der Waals surface area contributed by atoms with Gasteiger partial charge in [-0.2, -0.15) is 0 Å². The van der Waals surface area contributed by atoms with Crippen LogP contribution in [0.25, 0.3) is 0 Å². The fourth-order valence-electron chi connectivity index (χ4n) is 1.77. The maximum absolute atomic E-state index is 11.1. The number of sulfonamides is 1. The van der Waals surface area contributed by atoms with Crippen LogP contribution in [0.1, 0.15) is 0 Å². The third-order valence-electron chi connectivity index (χ3n) is 2.83. The smallest absolute Gasteiger partial charge is 0.238 e. The maximum atomic E-state index is 11.1. The fraction of sp³-hybridized carbons (Fsp3) is 0.200. The van der Waals surface area contributed by atoms with Gasteiger partial charge >= 0.3 is 0 Å². The Morgan fingerprint density at radius 2 is 1.77 bits per heavy atom. The molecule has 0 atom stereocenters. The van der Waals surface area contributed by atoms with Crippen molar-refractivity contribution < 1.29 is 17.9 Å². The highest BCUT2D eigenvalue weighted by Gasteiger charge is 2.07. The number of nitrogens with two attached hydrogens (primary N) is 1. The molecule has 0 aliphatic rings. The molecule has 0 aliphatic carbocycles. The Labute approximate surface area is 134 Å². The molecule has 0 heterocycles. The van der Waals surface area contributed by atoms with E-state index in [1.54, 1.807) is 31.0 Å². The van der Waals surface area contributed by atoms with E-state index in [0.717, 1.165) is 16.4 Å². The Bertz CT molecular complexity index is 715. The number of ether oxygens (including phenoxy) is 2. The van der Waals surface area contributed by atoms with Crippen molar-refractivity contribution in [3.05, 3.63) is 48.5 Å². The number of benzene rings is 2. The first-order valence-corrected chi connectivity index (χ1v) is 9.05. The van der Waals surface area contributed by atoms with Gasteiger partial charge in [0.2, 0.25) is 10.0 Å². The van der Waals surface area contributed by atoms with Crippen molar-refractivity contribution in [2.24, 2.45) is 5.14 Å². The molecule has 2 rings (SSSR count). The third kappa shape index (κ3) is 4.66. The second-order valence-electron chi connectivity index (χ2n) is 4.36. The van der Waals surface area contributed by atoms with Crippen molar-refractivity contribution in [1.82, 2.24) is 0 Å². The van der Waals surface area contributed by atoms with E-state index in [1.807, 2.05) is 24.3 Å². The van der Waals surface area contributed by atoms with Gasteiger partial charge in [0.25, 0.3) is 0 Å². The van der Waals surface area contributed by atoms with Gasteiger partial charge in [0.15, 0.2) is 0 Å². The van der Waals surface area contributed by atoms with Crippen LogP contribution in [0.15, 0.2) is 58.3 Å². The number of hydrogen-bond acceptors (Lipinski definition) is 5. The molecular weight excluding hydrogens is 322 g/mol. The molecule has 0 saturated carbocycles. The Balaban J connectivity index is 1.84. The lowest BCUT2D eigenvalue weighted by atomic mass is 10.3. The molecule has 22 heavy (non-hydrogen) atoms.